The van der Waals surface area contributed by atoms with Crippen molar-refractivity contribution in [2.24, 2.45) is 5.92 Å². The van der Waals surface area contributed by atoms with Crippen LogP contribution in [0.2, 0.25) is 0 Å². The van der Waals surface area contributed by atoms with Crippen LogP contribution < -0.4 is 5.32 Å². The number of hydrogen-bond acceptors (Lipinski definition) is 3. The summed E-state index contributed by atoms with van der Waals surface area (Å²) in [4.78, 5) is 0. The zero-order valence-electron chi connectivity index (χ0n) is 8.84. The van der Waals surface area contributed by atoms with E-state index in [-0.39, 0.29) is 11.8 Å². The maximum absolute atomic E-state index is 9.06. The molecule has 0 saturated heterocycles. The van der Waals surface area contributed by atoms with Crippen LogP contribution in [0.1, 0.15) is 19.8 Å². The Labute approximate surface area is 80.8 Å². The van der Waals surface area contributed by atoms with Gasteiger partial charge in [0.25, 0.3) is 0 Å². The van der Waals surface area contributed by atoms with Gasteiger partial charge in [-0.2, -0.15) is 0 Å². The van der Waals surface area contributed by atoms with Gasteiger partial charge in [0.2, 0.25) is 0 Å². The maximum atomic E-state index is 9.06. The number of aliphatic hydroxyl groups excluding tert-OH is 1. The summed E-state index contributed by atoms with van der Waals surface area (Å²) >= 11 is 0. The highest BCUT2D eigenvalue weighted by Gasteiger charge is 2.15. The van der Waals surface area contributed by atoms with Gasteiger partial charge in [0.1, 0.15) is 0 Å². The van der Waals surface area contributed by atoms with Crippen LogP contribution in [0.5, 0.6) is 0 Å². The molecular weight excluding hydrogens is 166 g/mol. The summed E-state index contributed by atoms with van der Waals surface area (Å²) in [6, 6.07) is 0.285. The predicted octanol–water partition coefficient (Wildman–Crippen LogP) is 1.71. The second kappa shape index (κ2) is 6.92. The van der Waals surface area contributed by atoms with Crippen molar-refractivity contribution < 1.29 is 9.84 Å². The minimum Gasteiger partial charge on any atom is -0.513 e. The van der Waals surface area contributed by atoms with Crippen molar-refractivity contribution >= 4 is 0 Å². The Morgan fingerprint density at radius 1 is 1.62 bits per heavy atom. The van der Waals surface area contributed by atoms with E-state index in [1.807, 2.05) is 7.05 Å². The van der Waals surface area contributed by atoms with Gasteiger partial charge in [-0.15, -0.1) is 0 Å². The molecule has 3 nitrogen and oxygen atoms in total. The van der Waals surface area contributed by atoms with E-state index in [9.17, 15) is 0 Å². The van der Waals surface area contributed by atoms with Crippen LogP contribution >= 0.6 is 0 Å². The fourth-order valence-electron chi connectivity index (χ4n) is 1.35. The molecule has 0 amide bonds. The van der Waals surface area contributed by atoms with Crippen molar-refractivity contribution in [1.29, 1.82) is 0 Å². The van der Waals surface area contributed by atoms with Crippen LogP contribution in [-0.4, -0.2) is 31.9 Å². The molecule has 0 aromatic carbocycles. The molecular formula is C10H21NO2. The molecule has 0 aliphatic carbocycles. The third-order valence-electron chi connectivity index (χ3n) is 2.29. The number of hydrogen-bond donors (Lipinski definition) is 2. The lowest BCUT2D eigenvalue weighted by Crippen LogP contribution is -2.33. The fraction of sp³-hybridized carbons (Fsp3) is 0.800. The molecule has 0 saturated carbocycles. The van der Waals surface area contributed by atoms with E-state index in [1.54, 1.807) is 7.11 Å². The lowest BCUT2D eigenvalue weighted by Gasteiger charge is -2.22. The lowest BCUT2D eigenvalue weighted by atomic mass is 9.95. The molecule has 2 atom stereocenters. The topological polar surface area (TPSA) is 41.5 Å². The number of aliphatic hydroxyl groups is 1. The quantitative estimate of drug-likeness (QED) is 0.596. The molecule has 3 heteroatoms. The molecule has 0 rings (SSSR count). The second-order valence-electron chi connectivity index (χ2n) is 3.42. The van der Waals surface area contributed by atoms with E-state index in [0.29, 0.717) is 12.3 Å². The first-order chi connectivity index (χ1) is 6.11. The van der Waals surface area contributed by atoms with Crippen LogP contribution in [0, 0.1) is 5.92 Å². The first-order valence-electron chi connectivity index (χ1n) is 4.64. The van der Waals surface area contributed by atoms with Gasteiger partial charge >= 0.3 is 0 Å². The minimum absolute atomic E-state index is 0.239. The van der Waals surface area contributed by atoms with E-state index >= 15 is 0 Å². The van der Waals surface area contributed by atoms with Gasteiger partial charge < -0.3 is 15.2 Å². The summed E-state index contributed by atoms with van der Waals surface area (Å²) in [6.07, 6.45) is 1.61. The Kier molecular flexibility index (Phi) is 6.63. The Hall–Kier alpha value is -0.540. The smallest absolute Gasteiger partial charge is 0.0866 e. The summed E-state index contributed by atoms with van der Waals surface area (Å²) in [7, 11) is 3.60. The molecule has 0 radical (unpaired) electrons. The molecule has 0 bridgehead atoms. The Morgan fingerprint density at radius 2 is 2.23 bits per heavy atom. The number of rotatable bonds is 7. The molecule has 0 aromatic rings. The van der Waals surface area contributed by atoms with Crippen LogP contribution in [0.15, 0.2) is 12.3 Å². The van der Waals surface area contributed by atoms with Gasteiger partial charge in [-0.05, 0) is 19.4 Å². The Morgan fingerprint density at radius 3 is 2.62 bits per heavy atom. The normalized spacial score (nSPS) is 15.3. The largest absolute Gasteiger partial charge is 0.513 e. The Bertz CT molecular complexity index is 148. The van der Waals surface area contributed by atoms with Crippen molar-refractivity contribution in [3.8, 4) is 0 Å². The highest BCUT2D eigenvalue weighted by Crippen LogP contribution is 2.13. The van der Waals surface area contributed by atoms with Crippen molar-refractivity contribution in [3.63, 3.8) is 0 Å². The van der Waals surface area contributed by atoms with Crippen LogP contribution in [-0.2, 0) is 4.74 Å². The summed E-state index contributed by atoms with van der Waals surface area (Å²) < 4.78 is 5.00. The van der Waals surface area contributed by atoms with Crippen molar-refractivity contribution in [2.45, 2.75) is 25.8 Å². The van der Waals surface area contributed by atoms with Crippen LogP contribution in [0.3, 0.4) is 0 Å². The van der Waals surface area contributed by atoms with Gasteiger partial charge in [0.05, 0.1) is 5.76 Å². The molecule has 2 unspecified atom stereocenters. The summed E-state index contributed by atoms with van der Waals surface area (Å²) in [5, 5.41) is 12.2. The summed E-state index contributed by atoms with van der Waals surface area (Å²) in [6.45, 7) is 6.39. The minimum atomic E-state index is 0.239. The highest BCUT2D eigenvalue weighted by atomic mass is 16.5. The van der Waals surface area contributed by atoms with Crippen molar-refractivity contribution in [3.05, 3.63) is 12.3 Å². The van der Waals surface area contributed by atoms with Gasteiger partial charge in [0.15, 0.2) is 0 Å². The SMILES string of the molecule is C=C(O)CC(NC)C(C)CCOC. The average Bonchev–Trinajstić information content (AvgIpc) is 2.09. The molecule has 0 fully saturated rings. The molecule has 0 spiro atoms. The molecule has 0 heterocycles. The highest BCUT2D eigenvalue weighted by molar-refractivity contribution is 4.87. The van der Waals surface area contributed by atoms with E-state index < -0.39 is 0 Å². The zero-order chi connectivity index (χ0) is 10.3. The molecule has 78 valence electrons. The van der Waals surface area contributed by atoms with Crippen LogP contribution in [0.25, 0.3) is 0 Å². The van der Waals surface area contributed by atoms with E-state index in [0.717, 1.165) is 13.0 Å². The fourth-order valence-corrected chi connectivity index (χ4v) is 1.35. The molecule has 0 aliphatic rings. The summed E-state index contributed by atoms with van der Waals surface area (Å²) in [5.41, 5.74) is 0. The van der Waals surface area contributed by atoms with Gasteiger partial charge in [0, 0.05) is 26.2 Å². The molecule has 13 heavy (non-hydrogen) atoms. The number of ether oxygens (including phenoxy) is 1. The van der Waals surface area contributed by atoms with E-state index in [1.165, 1.54) is 0 Å². The number of methoxy groups -OCH3 is 1. The zero-order valence-corrected chi connectivity index (χ0v) is 8.84. The monoisotopic (exact) mass is 187 g/mol. The number of nitrogens with one attached hydrogen (secondary N) is 1. The van der Waals surface area contributed by atoms with Crippen molar-refractivity contribution in [1.82, 2.24) is 5.32 Å². The van der Waals surface area contributed by atoms with Crippen molar-refractivity contribution in [2.75, 3.05) is 20.8 Å². The average molecular weight is 187 g/mol. The lowest BCUT2D eigenvalue weighted by molar-refractivity contribution is 0.169. The third-order valence-corrected chi connectivity index (χ3v) is 2.29. The molecule has 2 N–H and O–H groups in total. The van der Waals surface area contributed by atoms with E-state index in [2.05, 4.69) is 18.8 Å². The van der Waals surface area contributed by atoms with E-state index in [4.69, 9.17) is 9.84 Å². The Balaban J connectivity index is 3.84. The molecule has 0 aromatic heterocycles. The maximum Gasteiger partial charge on any atom is 0.0866 e. The van der Waals surface area contributed by atoms with Crippen LogP contribution in [0.4, 0.5) is 0 Å². The molecule has 0 aliphatic heterocycles. The standard InChI is InChI=1S/C10H21NO2/c1-8(5-6-13-4)10(11-3)7-9(2)12/h8,10-12H,2,5-7H2,1,3-4H3. The summed E-state index contributed by atoms with van der Waals surface area (Å²) in [5.74, 6) is 0.720. The first-order valence-corrected chi connectivity index (χ1v) is 4.64. The van der Waals surface area contributed by atoms with Gasteiger partial charge in [-0.1, -0.05) is 13.5 Å². The first kappa shape index (κ1) is 12.5. The third kappa shape index (κ3) is 5.66. The van der Waals surface area contributed by atoms with Gasteiger partial charge in [-0.25, -0.2) is 0 Å². The predicted molar refractivity (Wildman–Crippen MR) is 54.9 cm³/mol. The van der Waals surface area contributed by atoms with Gasteiger partial charge in [-0.3, -0.25) is 0 Å². The second-order valence-corrected chi connectivity index (χ2v) is 3.42.